The molecule has 2 aliphatic carbocycles. The van der Waals surface area contributed by atoms with Crippen molar-refractivity contribution in [3.05, 3.63) is 65.7 Å². The Morgan fingerprint density at radius 3 is 2.81 bits per heavy atom. The topological polar surface area (TPSA) is 32.7 Å². The fourth-order valence-corrected chi connectivity index (χ4v) is 6.10. The lowest BCUT2D eigenvalue weighted by Gasteiger charge is -2.56. The Kier molecular flexibility index (Phi) is 2.88. The summed E-state index contributed by atoms with van der Waals surface area (Å²) < 4.78 is 6.59. The fraction of sp³-hybridized carbons (Fsp3) is 0.391. The highest BCUT2D eigenvalue weighted by atomic mass is 16.5. The Morgan fingerprint density at radius 1 is 1.12 bits per heavy atom. The van der Waals surface area contributed by atoms with E-state index in [1.807, 2.05) is 12.1 Å². The third-order valence-electron chi connectivity index (χ3n) is 7.26. The molecular weight excluding hydrogens is 322 g/mol. The molecule has 2 heterocycles. The Labute approximate surface area is 153 Å². The van der Waals surface area contributed by atoms with Crippen molar-refractivity contribution in [3.63, 3.8) is 0 Å². The molecule has 4 aliphatic rings. The highest BCUT2D eigenvalue weighted by Crippen LogP contribution is 2.62. The minimum absolute atomic E-state index is 0.0704. The van der Waals surface area contributed by atoms with E-state index in [-0.39, 0.29) is 11.5 Å². The molecule has 1 fully saturated rings. The lowest BCUT2D eigenvalue weighted by Crippen LogP contribution is -2.64. The van der Waals surface area contributed by atoms with Gasteiger partial charge in [-0.3, -0.25) is 0 Å². The summed E-state index contributed by atoms with van der Waals surface area (Å²) in [5.41, 5.74) is 5.09. The van der Waals surface area contributed by atoms with Gasteiger partial charge in [-0.1, -0.05) is 54.6 Å². The number of piperidine rings is 1. The molecule has 1 spiro atoms. The molecule has 5 atom stereocenters. The van der Waals surface area contributed by atoms with Crippen LogP contribution in [0.1, 0.15) is 17.5 Å². The zero-order valence-electron chi connectivity index (χ0n) is 14.9. The minimum Gasteiger partial charge on any atom is -0.485 e. The van der Waals surface area contributed by atoms with E-state index in [4.69, 9.17) is 4.74 Å². The molecular formula is C23H23NO2. The molecule has 0 saturated carbocycles. The van der Waals surface area contributed by atoms with Gasteiger partial charge in [0.05, 0.1) is 0 Å². The van der Waals surface area contributed by atoms with Crippen molar-refractivity contribution in [2.24, 2.45) is 5.92 Å². The maximum Gasteiger partial charge on any atom is 0.139 e. The fourth-order valence-electron chi connectivity index (χ4n) is 6.10. The second kappa shape index (κ2) is 4.99. The highest BCUT2D eigenvalue weighted by molar-refractivity contribution is 5.76. The van der Waals surface area contributed by atoms with Crippen LogP contribution in [-0.4, -0.2) is 41.8 Å². The first-order valence-electron chi connectivity index (χ1n) is 9.65. The molecule has 26 heavy (non-hydrogen) atoms. The molecule has 3 heteroatoms. The molecule has 0 radical (unpaired) electrons. The quantitative estimate of drug-likeness (QED) is 0.806. The summed E-state index contributed by atoms with van der Waals surface area (Å²) in [6, 6.07) is 15.5. The molecule has 1 saturated heterocycles. The minimum atomic E-state index is -0.530. The van der Waals surface area contributed by atoms with Gasteiger partial charge in [-0.05, 0) is 37.6 Å². The van der Waals surface area contributed by atoms with E-state index in [1.165, 1.54) is 16.7 Å². The van der Waals surface area contributed by atoms with Crippen LogP contribution in [-0.2, 0) is 11.8 Å². The molecule has 0 unspecified atom stereocenters. The van der Waals surface area contributed by atoms with Crippen LogP contribution in [0.15, 0.2) is 54.6 Å². The van der Waals surface area contributed by atoms with Crippen molar-refractivity contribution in [1.82, 2.24) is 4.90 Å². The first-order chi connectivity index (χ1) is 12.7. The van der Waals surface area contributed by atoms with E-state index in [0.29, 0.717) is 12.0 Å². The number of benzene rings is 2. The van der Waals surface area contributed by atoms with Gasteiger partial charge in [-0.25, -0.2) is 0 Å². The van der Waals surface area contributed by atoms with E-state index in [0.717, 1.165) is 30.7 Å². The van der Waals surface area contributed by atoms with Crippen molar-refractivity contribution in [3.8, 4) is 16.9 Å². The normalized spacial score (nSPS) is 36.5. The van der Waals surface area contributed by atoms with Crippen LogP contribution in [0.4, 0.5) is 0 Å². The number of nitrogens with zero attached hydrogens (tertiary/aromatic N) is 1. The third kappa shape index (κ3) is 1.66. The number of ether oxygens (including phenoxy) is 1. The van der Waals surface area contributed by atoms with Gasteiger partial charge in [0.15, 0.2) is 0 Å². The van der Waals surface area contributed by atoms with Gasteiger partial charge in [0, 0.05) is 28.5 Å². The van der Waals surface area contributed by atoms with Crippen LogP contribution in [0, 0.1) is 5.92 Å². The number of likely N-dealkylation sites (tertiary alicyclic amines) is 1. The molecule has 2 aromatic carbocycles. The summed E-state index contributed by atoms with van der Waals surface area (Å²) in [6.45, 7) is 1.07. The van der Waals surface area contributed by atoms with Crippen molar-refractivity contribution < 1.29 is 9.84 Å². The molecule has 6 rings (SSSR count). The Morgan fingerprint density at radius 2 is 1.96 bits per heavy atom. The summed E-state index contributed by atoms with van der Waals surface area (Å²) in [7, 11) is 2.24. The molecule has 132 valence electrons. The van der Waals surface area contributed by atoms with Crippen LogP contribution in [0.3, 0.4) is 0 Å². The average Bonchev–Trinajstić information content (AvgIpc) is 3.02. The summed E-state index contributed by atoms with van der Waals surface area (Å²) in [5, 5.41) is 10.8. The van der Waals surface area contributed by atoms with Gasteiger partial charge in [-0.2, -0.15) is 0 Å². The number of rotatable bonds is 1. The SMILES string of the molecule is CN1CC[C@]23c4c5ccc(-c6ccccc6)c4O[C@H]2[C@@H](O)C=C[C@H]3[C@H]1C5. The van der Waals surface area contributed by atoms with Crippen molar-refractivity contribution in [2.75, 3.05) is 13.6 Å². The van der Waals surface area contributed by atoms with Gasteiger partial charge in [0.25, 0.3) is 0 Å². The van der Waals surface area contributed by atoms with Crippen molar-refractivity contribution in [2.45, 2.75) is 36.5 Å². The van der Waals surface area contributed by atoms with Crippen LogP contribution in [0.5, 0.6) is 5.75 Å². The second-order valence-corrected chi connectivity index (χ2v) is 8.32. The van der Waals surface area contributed by atoms with Crippen LogP contribution >= 0.6 is 0 Å². The van der Waals surface area contributed by atoms with Crippen LogP contribution < -0.4 is 4.74 Å². The van der Waals surface area contributed by atoms with Crippen LogP contribution in [0.2, 0.25) is 0 Å². The van der Waals surface area contributed by atoms with Gasteiger partial charge < -0.3 is 14.7 Å². The Bertz CT molecular complexity index is 921. The first kappa shape index (κ1) is 15.0. The van der Waals surface area contributed by atoms with E-state index < -0.39 is 6.10 Å². The van der Waals surface area contributed by atoms with Gasteiger partial charge in [-0.15, -0.1) is 0 Å². The van der Waals surface area contributed by atoms with Gasteiger partial charge in [0.2, 0.25) is 0 Å². The smallest absolute Gasteiger partial charge is 0.139 e. The summed E-state index contributed by atoms with van der Waals surface area (Å²) in [5.74, 6) is 1.45. The largest absolute Gasteiger partial charge is 0.485 e. The van der Waals surface area contributed by atoms with Crippen molar-refractivity contribution >= 4 is 0 Å². The lowest BCUT2D eigenvalue weighted by molar-refractivity contribution is -0.0449. The molecule has 3 nitrogen and oxygen atoms in total. The molecule has 2 aliphatic heterocycles. The van der Waals surface area contributed by atoms with Gasteiger partial charge in [0.1, 0.15) is 18.0 Å². The second-order valence-electron chi connectivity index (χ2n) is 8.32. The molecule has 0 amide bonds. The summed E-state index contributed by atoms with van der Waals surface area (Å²) in [6.07, 6.45) is 5.67. The molecule has 2 bridgehead atoms. The van der Waals surface area contributed by atoms with Crippen LogP contribution in [0.25, 0.3) is 11.1 Å². The monoisotopic (exact) mass is 345 g/mol. The third-order valence-corrected chi connectivity index (χ3v) is 7.26. The van der Waals surface area contributed by atoms with E-state index in [1.54, 1.807) is 0 Å². The number of likely N-dealkylation sites (N-methyl/N-ethyl adjacent to an activating group) is 1. The van der Waals surface area contributed by atoms with Crippen molar-refractivity contribution in [1.29, 1.82) is 0 Å². The maximum atomic E-state index is 10.8. The maximum absolute atomic E-state index is 10.8. The van der Waals surface area contributed by atoms with Gasteiger partial charge >= 0.3 is 0 Å². The summed E-state index contributed by atoms with van der Waals surface area (Å²) in [4.78, 5) is 2.50. The number of aliphatic hydroxyl groups excluding tert-OH is 1. The number of aliphatic hydroxyl groups is 1. The summed E-state index contributed by atoms with van der Waals surface area (Å²) >= 11 is 0. The number of hydrogen-bond donors (Lipinski definition) is 1. The first-order valence-corrected chi connectivity index (χ1v) is 9.65. The van der Waals surface area contributed by atoms with E-state index >= 15 is 0 Å². The zero-order valence-corrected chi connectivity index (χ0v) is 14.9. The predicted molar refractivity (Wildman–Crippen MR) is 101 cm³/mol. The average molecular weight is 345 g/mol. The molecule has 1 N–H and O–H groups in total. The molecule has 2 aromatic rings. The zero-order chi connectivity index (χ0) is 17.5. The van der Waals surface area contributed by atoms with E-state index in [2.05, 4.69) is 54.4 Å². The van der Waals surface area contributed by atoms with E-state index in [9.17, 15) is 5.11 Å². The Balaban J connectivity index is 1.64. The highest BCUT2D eigenvalue weighted by Gasteiger charge is 2.63. The standard InChI is InChI=1S/C23H23NO2/c1-24-12-11-23-17-9-10-19(25)22(23)26-21-16(14-5-3-2-4-6-14)8-7-15(20(21)23)13-18(17)24/h2-10,17-19,22,25H,11-13H2,1H3/t17-,18+,19-,22-,23-/m0/s1. The lowest BCUT2D eigenvalue weighted by atomic mass is 9.53. The number of hydrogen-bond acceptors (Lipinski definition) is 3. The molecule has 0 aromatic heterocycles. The Hall–Kier alpha value is -2.10. The predicted octanol–water partition coefficient (Wildman–Crippen LogP) is 3.16.